The summed E-state index contributed by atoms with van der Waals surface area (Å²) in [5, 5.41) is 3.07. The van der Waals surface area contributed by atoms with Crippen LogP contribution in [-0.2, 0) is 26.0 Å². The van der Waals surface area contributed by atoms with Crippen molar-refractivity contribution in [1.82, 2.24) is 14.5 Å². The molecule has 200 valence electrons. The Kier molecular flexibility index (Phi) is 9.12. The van der Waals surface area contributed by atoms with Crippen LogP contribution in [0.3, 0.4) is 0 Å². The number of nitrogens with one attached hydrogen (secondary N) is 1. The summed E-state index contributed by atoms with van der Waals surface area (Å²) in [4.78, 5) is 29.7. The van der Waals surface area contributed by atoms with E-state index in [1.807, 2.05) is 13.0 Å². The summed E-state index contributed by atoms with van der Waals surface area (Å²) in [7, 11) is -3.82. The van der Waals surface area contributed by atoms with Gasteiger partial charge in [-0.15, -0.1) is 0 Å². The molecule has 1 N–H and O–H groups in total. The topological polar surface area (TPSA) is 90.0 Å². The predicted molar refractivity (Wildman–Crippen MR) is 144 cm³/mol. The second-order valence-electron chi connectivity index (χ2n) is 10.1. The molecule has 0 aromatic heterocycles. The Morgan fingerprint density at radius 3 is 2.64 bits per heavy atom. The van der Waals surface area contributed by atoms with Gasteiger partial charge in [0.2, 0.25) is 21.8 Å². The van der Waals surface area contributed by atoms with E-state index in [0.29, 0.717) is 61.5 Å². The van der Waals surface area contributed by atoms with Gasteiger partial charge in [-0.05, 0) is 78.7 Å². The van der Waals surface area contributed by atoms with E-state index in [0.717, 1.165) is 25.1 Å². The maximum absolute atomic E-state index is 13.7. The summed E-state index contributed by atoms with van der Waals surface area (Å²) in [6.45, 7) is 7.68. The molecule has 36 heavy (non-hydrogen) atoms. The number of likely N-dealkylation sites (tertiary alicyclic amines) is 1. The van der Waals surface area contributed by atoms with E-state index < -0.39 is 10.0 Å². The van der Waals surface area contributed by atoms with Gasteiger partial charge in [0.05, 0.1) is 10.8 Å². The Balaban J connectivity index is 1.41. The van der Waals surface area contributed by atoms with Gasteiger partial charge in [-0.1, -0.05) is 20.3 Å². The largest absolute Gasteiger partial charge is 0.355 e. The minimum Gasteiger partial charge on any atom is -0.355 e. The van der Waals surface area contributed by atoms with E-state index in [1.54, 1.807) is 11.0 Å². The average Bonchev–Trinajstić information content (AvgIpc) is 3.30. The number of hydrogen-bond donors (Lipinski definition) is 1. The predicted octanol–water partition coefficient (Wildman–Crippen LogP) is 3.53. The van der Waals surface area contributed by atoms with Crippen LogP contribution in [-0.4, -0.2) is 74.7 Å². The van der Waals surface area contributed by atoms with Crippen LogP contribution in [0.1, 0.15) is 64.4 Å². The number of carbonyl (C=O) groups excluding carboxylic acids is 2. The highest BCUT2D eigenvalue weighted by Crippen LogP contribution is 2.37. The van der Waals surface area contributed by atoms with Crippen LogP contribution in [0, 0.1) is 5.92 Å². The number of halogens is 1. The Labute approximate surface area is 223 Å². The van der Waals surface area contributed by atoms with E-state index in [1.165, 1.54) is 23.6 Å². The molecule has 2 saturated heterocycles. The van der Waals surface area contributed by atoms with E-state index in [-0.39, 0.29) is 29.2 Å². The molecule has 3 aliphatic heterocycles. The van der Waals surface area contributed by atoms with Crippen molar-refractivity contribution < 1.29 is 18.0 Å². The summed E-state index contributed by atoms with van der Waals surface area (Å²) in [5.41, 5.74) is 1.65. The number of hydrogen-bond acceptors (Lipinski definition) is 5. The van der Waals surface area contributed by atoms with Gasteiger partial charge in [0, 0.05) is 55.3 Å². The zero-order valence-corrected chi connectivity index (χ0v) is 23.9. The molecule has 0 unspecified atom stereocenters. The molecular formula is C26H39BrN4O4S. The molecule has 2 fully saturated rings. The van der Waals surface area contributed by atoms with E-state index in [2.05, 4.69) is 33.1 Å². The molecule has 2 atom stereocenters. The normalized spacial score (nSPS) is 23.5. The second kappa shape index (κ2) is 11.9. The maximum atomic E-state index is 13.7. The lowest BCUT2D eigenvalue weighted by Gasteiger charge is -2.35. The average molecular weight is 584 g/mol. The van der Waals surface area contributed by atoms with Crippen LogP contribution >= 0.6 is 15.9 Å². The van der Waals surface area contributed by atoms with Crippen molar-refractivity contribution in [3.8, 4) is 0 Å². The lowest BCUT2D eigenvalue weighted by atomic mass is 9.98. The quantitative estimate of drug-likeness (QED) is 0.506. The number of anilines is 1. The summed E-state index contributed by atoms with van der Waals surface area (Å²) in [6.07, 6.45) is 7.26. The molecule has 1 aromatic rings. The Morgan fingerprint density at radius 2 is 1.89 bits per heavy atom. The minimum atomic E-state index is -3.82. The first kappa shape index (κ1) is 27.5. The summed E-state index contributed by atoms with van der Waals surface area (Å²) in [6, 6.07) is 4.05. The molecular weight excluding hydrogens is 544 g/mol. The molecule has 0 aliphatic carbocycles. The van der Waals surface area contributed by atoms with E-state index in [9.17, 15) is 18.0 Å². The highest BCUT2D eigenvalue weighted by Gasteiger charge is 2.36. The van der Waals surface area contributed by atoms with Crippen molar-refractivity contribution in [2.45, 2.75) is 76.2 Å². The van der Waals surface area contributed by atoms with E-state index in [4.69, 9.17) is 0 Å². The number of amides is 2. The van der Waals surface area contributed by atoms with Crippen molar-refractivity contribution in [1.29, 1.82) is 0 Å². The van der Waals surface area contributed by atoms with Gasteiger partial charge in [0.15, 0.2) is 0 Å². The Hall–Kier alpha value is -1.49. The number of piperidine rings is 2. The van der Waals surface area contributed by atoms with Crippen molar-refractivity contribution >= 4 is 43.5 Å². The zero-order valence-electron chi connectivity index (χ0n) is 21.5. The molecule has 1 aromatic carbocycles. The van der Waals surface area contributed by atoms with Crippen LogP contribution in [0.15, 0.2) is 21.5 Å². The zero-order chi connectivity index (χ0) is 25.9. The first-order valence-corrected chi connectivity index (χ1v) is 15.6. The van der Waals surface area contributed by atoms with Crippen LogP contribution in [0.5, 0.6) is 0 Å². The van der Waals surface area contributed by atoms with Crippen molar-refractivity contribution in [2.24, 2.45) is 5.92 Å². The summed E-state index contributed by atoms with van der Waals surface area (Å²) >= 11 is 3.46. The highest BCUT2D eigenvalue weighted by atomic mass is 79.9. The number of fused-ring (bicyclic) bond motifs is 1. The van der Waals surface area contributed by atoms with Crippen LogP contribution in [0.4, 0.5) is 5.69 Å². The molecule has 0 bridgehead atoms. The van der Waals surface area contributed by atoms with Crippen LogP contribution in [0.2, 0.25) is 0 Å². The third kappa shape index (κ3) is 5.81. The van der Waals surface area contributed by atoms with Gasteiger partial charge in [-0.25, -0.2) is 8.42 Å². The molecule has 3 aliphatic rings. The molecule has 10 heteroatoms. The van der Waals surface area contributed by atoms with Gasteiger partial charge < -0.3 is 10.2 Å². The van der Waals surface area contributed by atoms with Gasteiger partial charge in [0.1, 0.15) is 0 Å². The number of nitrogens with zero attached hydrogens (tertiary/aromatic N) is 3. The van der Waals surface area contributed by atoms with Crippen molar-refractivity contribution in [3.05, 3.63) is 22.2 Å². The molecule has 0 radical (unpaired) electrons. The minimum absolute atomic E-state index is 0.0102. The first-order valence-electron chi connectivity index (χ1n) is 13.4. The van der Waals surface area contributed by atoms with Crippen molar-refractivity contribution in [2.75, 3.05) is 44.2 Å². The maximum Gasteiger partial charge on any atom is 0.244 e. The smallest absolute Gasteiger partial charge is 0.244 e. The molecule has 8 nitrogen and oxygen atoms in total. The lowest BCUT2D eigenvalue weighted by Crippen LogP contribution is -2.48. The Bertz CT molecular complexity index is 1080. The third-order valence-corrected chi connectivity index (χ3v) is 10.7. The summed E-state index contributed by atoms with van der Waals surface area (Å²) in [5.74, 6) is -0.431. The van der Waals surface area contributed by atoms with Gasteiger partial charge in [-0.2, -0.15) is 4.31 Å². The van der Waals surface area contributed by atoms with Gasteiger partial charge >= 0.3 is 0 Å². The molecule has 3 heterocycles. The number of rotatable bonds is 8. The lowest BCUT2D eigenvalue weighted by molar-refractivity contribution is -0.126. The second-order valence-corrected chi connectivity index (χ2v) is 12.9. The molecule has 4 rings (SSSR count). The number of benzene rings is 1. The SMILES string of the molecule is CCC(=O)N1CCc2cc(Br)c(S(=O)(=O)N3CCC[C@H](C(=O)NCCN4CCCC[C@@H]4CC)C3)cc21. The highest BCUT2D eigenvalue weighted by molar-refractivity contribution is 9.10. The fraction of sp³-hybridized carbons (Fsp3) is 0.692. The van der Waals surface area contributed by atoms with E-state index >= 15 is 0 Å². The number of carbonyl (C=O) groups is 2. The molecule has 2 amide bonds. The third-order valence-electron chi connectivity index (χ3n) is 7.92. The van der Waals surface area contributed by atoms with Gasteiger partial charge in [0.25, 0.3) is 0 Å². The Morgan fingerprint density at radius 1 is 1.08 bits per heavy atom. The first-order chi connectivity index (χ1) is 17.3. The van der Waals surface area contributed by atoms with Gasteiger partial charge in [-0.3, -0.25) is 14.5 Å². The number of sulfonamides is 1. The monoisotopic (exact) mass is 582 g/mol. The molecule has 0 spiro atoms. The molecule has 0 saturated carbocycles. The fourth-order valence-corrected chi connectivity index (χ4v) is 8.43. The fourth-order valence-electron chi connectivity index (χ4n) is 5.83. The van der Waals surface area contributed by atoms with Crippen molar-refractivity contribution in [3.63, 3.8) is 0 Å². The van der Waals surface area contributed by atoms with Crippen LogP contribution < -0.4 is 10.2 Å². The summed E-state index contributed by atoms with van der Waals surface area (Å²) < 4.78 is 29.3. The standard InChI is InChI=1S/C26H39BrN4O4S/c1-3-21-9-5-6-12-29(21)15-11-28-26(33)20-8-7-13-30(18-20)36(34,35)24-17-23-19(16-22(24)27)10-14-31(23)25(32)4-2/h16-17,20-21H,3-15,18H2,1-2H3,(H,28,33)/t20-,21-/m0/s1. The van der Waals surface area contributed by atoms with Crippen LogP contribution in [0.25, 0.3) is 0 Å².